The van der Waals surface area contributed by atoms with E-state index in [9.17, 15) is 4.79 Å². The van der Waals surface area contributed by atoms with Gasteiger partial charge in [0, 0.05) is 18.9 Å². The molecule has 3 N–H and O–H groups in total. The molecule has 2 saturated heterocycles. The zero-order valence-electron chi connectivity index (χ0n) is 16.3. The molecule has 3 heterocycles. The Morgan fingerprint density at radius 1 is 1.19 bits per heavy atom. The standard InChI is InChI=1S/C21H30N4OS/c1-2-24-12-9-17(10-13-24)22-20(26)15-25-11-5-6-16(14-25)21-23-18-7-3-4-8-19(18)27-21/h3-4,7-8,16-17H,2,5-6,9-15H2,1H3,(H,22,26)/p+2/t16-/m0/s1. The van der Waals surface area contributed by atoms with Crippen LogP contribution in [0.2, 0.25) is 0 Å². The predicted octanol–water partition coefficient (Wildman–Crippen LogP) is 0.242. The number of aromatic nitrogens is 1. The predicted molar refractivity (Wildman–Crippen MR) is 110 cm³/mol. The smallest absolute Gasteiger partial charge is 0.275 e. The molecule has 27 heavy (non-hydrogen) atoms. The van der Waals surface area contributed by atoms with Gasteiger partial charge in [-0.2, -0.15) is 0 Å². The Kier molecular flexibility index (Phi) is 6.05. The maximum Gasteiger partial charge on any atom is 0.275 e. The average molecular weight is 389 g/mol. The quantitative estimate of drug-likeness (QED) is 0.687. The highest BCUT2D eigenvalue weighted by molar-refractivity contribution is 7.18. The first-order valence-electron chi connectivity index (χ1n) is 10.5. The molecule has 0 aliphatic carbocycles. The minimum Gasteiger partial charge on any atom is -0.348 e. The molecule has 4 rings (SSSR count). The van der Waals surface area contributed by atoms with E-state index < -0.39 is 0 Å². The van der Waals surface area contributed by atoms with E-state index in [0.29, 0.717) is 18.5 Å². The Hall–Kier alpha value is -1.50. The number of fused-ring (bicyclic) bond motifs is 1. The monoisotopic (exact) mass is 388 g/mol. The van der Waals surface area contributed by atoms with Gasteiger partial charge < -0.3 is 15.1 Å². The number of carbonyl (C=O) groups excluding carboxylic acids is 1. The fourth-order valence-electron chi connectivity index (χ4n) is 4.62. The number of likely N-dealkylation sites (tertiary alicyclic amines) is 2. The van der Waals surface area contributed by atoms with E-state index in [4.69, 9.17) is 4.98 Å². The van der Waals surface area contributed by atoms with Gasteiger partial charge in [-0.1, -0.05) is 12.1 Å². The Morgan fingerprint density at radius 2 is 2.00 bits per heavy atom. The van der Waals surface area contributed by atoms with Crippen LogP contribution in [0.1, 0.15) is 43.5 Å². The summed E-state index contributed by atoms with van der Waals surface area (Å²) in [6, 6.07) is 8.78. The van der Waals surface area contributed by atoms with Crippen LogP contribution in [0.15, 0.2) is 24.3 Å². The van der Waals surface area contributed by atoms with Gasteiger partial charge in [-0.05, 0) is 31.9 Å². The number of hydrogen-bond acceptors (Lipinski definition) is 3. The number of carbonyl (C=O) groups is 1. The van der Waals surface area contributed by atoms with Crippen LogP contribution < -0.4 is 15.1 Å². The van der Waals surface area contributed by atoms with E-state index >= 15 is 0 Å². The number of para-hydroxylation sites is 1. The third-order valence-corrected chi connectivity index (χ3v) is 7.44. The van der Waals surface area contributed by atoms with Gasteiger partial charge in [-0.15, -0.1) is 11.3 Å². The summed E-state index contributed by atoms with van der Waals surface area (Å²) in [7, 11) is 0. The molecular weight excluding hydrogens is 356 g/mol. The lowest BCUT2D eigenvalue weighted by molar-refractivity contribution is -0.903. The number of rotatable bonds is 5. The summed E-state index contributed by atoms with van der Waals surface area (Å²) in [5.74, 6) is 0.732. The van der Waals surface area contributed by atoms with Crippen LogP contribution in [-0.4, -0.2) is 56.2 Å². The van der Waals surface area contributed by atoms with Crippen molar-refractivity contribution >= 4 is 27.5 Å². The van der Waals surface area contributed by atoms with Crippen molar-refractivity contribution < 1.29 is 14.6 Å². The minimum absolute atomic E-state index is 0.236. The molecule has 1 aromatic carbocycles. The van der Waals surface area contributed by atoms with Crippen molar-refractivity contribution in [1.82, 2.24) is 10.3 Å². The van der Waals surface area contributed by atoms with Gasteiger partial charge >= 0.3 is 0 Å². The average Bonchev–Trinajstić information content (AvgIpc) is 3.13. The zero-order chi connectivity index (χ0) is 18.6. The fraction of sp³-hybridized carbons (Fsp3) is 0.619. The summed E-state index contributed by atoms with van der Waals surface area (Å²) >= 11 is 1.83. The van der Waals surface area contributed by atoms with Gasteiger partial charge in [0.2, 0.25) is 0 Å². The van der Waals surface area contributed by atoms with Crippen LogP contribution in [0.5, 0.6) is 0 Å². The molecule has 2 aromatic rings. The first kappa shape index (κ1) is 18.8. The van der Waals surface area contributed by atoms with Crippen molar-refractivity contribution in [2.24, 2.45) is 0 Å². The lowest BCUT2D eigenvalue weighted by Gasteiger charge is -2.31. The molecule has 2 atom stereocenters. The zero-order valence-corrected chi connectivity index (χ0v) is 17.1. The Balaban J connectivity index is 1.30. The van der Waals surface area contributed by atoms with E-state index in [0.717, 1.165) is 31.4 Å². The van der Waals surface area contributed by atoms with E-state index in [1.54, 1.807) is 4.90 Å². The summed E-state index contributed by atoms with van der Waals surface area (Å²) < 4.78 is 1.28. The fourth-order valence-corrected chi connectivity index (χ4v) is 5.72. The van der Waals surface area contributed by atoms with Gasteiger partial charge in [0.25, 0.3) is 5.91 Å². The highest BCUT2D eigenvalue weighted by Crippen LogP contribution is 2.30. The van der Waals surface area contributed by atoms with Crippen LogP contribution in [-0.2, 0) is 4.79 Å². The van der Waals surface area contributed by atoms with Crippen molar-refractivity contribution in [3.63, 3.8) is 0 Å². The second-order valence-electron chi connectivity index (χ2n) is 8.19. The third-order valence-electron chi connectivity index (χ3n) is 6.25. The van der Waals surface area contributed by atoms with Crippen LogP contribution in [0.3, 0.4) is 0 Å². The molecule has 5 nitrogen and oxygen atoms in total. The summed E-state index contributed by atoms with van der Waals surface area (Å²) in [5.41, 5.74) is 1.11. The van der Waals surface area contributed by atoms with Crippen molar-refractivity contribution in [1.29, 1.82) is 0 Å². The summed E-state index contributed by atoms with van der Waals surface area (Å²) in [4.78, 5) is 20.5. The summed E-state index contributed by atoms with van der Waals surface area (Å²) in [5, 5.41) is 4.55. The molecule has 2 aliphatic rings. The normalized spacial score (nSPS) is 28.9. The number of hydrogen-bond donors (Lipinski definition) is 3. The van der Waals surface area contributed by atoms with Crippen molar-refractivity contribution in [2.75, 3.05) is 39.3 Å². The summed E-state index contributed by atoms with van der Waals surface area (Å²) in [6.07, 6.45) is 4.63. The van der Waals surface area contributed by atoms with E-state index in [1.807, 2.05) is 11.3 Å². The summed E-state index contributed by atoms with van der Waals surface area (Å²) in [6.45, 7) is 8.58. The molecule has 0 spiro atoms. The van der Waals surface area contributed by atoms with Crippen LogP contribution >= 0.6 is 11.3 Å². The molecular formula is C21H32N4OS+2. The number of piperidine rings is 2. The maximum atomic E-state index is 12.6. The Bertz CT molecular complexity index is 735. The Morgan fingerprint density at radius 3 is 2.78 bits per heavy atom. The molecule has 0 saturated carbocycles. The number of thiazole rings is 1. The number of benzene rings is 1. The minimum atomic E-state index is 0.236. The Labute approximate surface area is 165 Å². The highest BCUT2D eigenvalue weighted by Gasteiger charge is 2.29. The van der Waals surface area contributed by atoms with Crippen LogP contribution in [0.25, 0.3) is 10.2 Å². The van der Waals surface area contributed by atoms with Gasteiger partial charge in [-0.25, -0.2) is 4.98 Å². The molecule has 0 radical (unpaired) electrons. The molecule has 0 bridgehead atoms. The van der Waals surface area contributed by atoms with Crippen molar-refractivity contribution in [3.05, 3.63) is 29.3 Å². The SMILES string of the molecule is CC[NH+]1CCC(NC(=O)C[NH+]2CCC[C@H](c3nc4ccccc4s3)C2)CC1. The number of nitrogens with one attached hydrogen (secondary N) is 3. The molecule has 146 valence electrons. The number of quaternary nitrogens is 2. The highest BCUT2D eigenvalue weighted by atomic mass is 32.1. The molecule has 1 aromatic heterocycles. The molecule has 1 unspecified atom stereocenters. The van der Waals surface area contributed by atoms with Gasteiger partial charge in [0.05, 0.1) is 48.9 Å². The first-order chi connectivity index (χ1) is 13.2. The van der Waals surface area contributed by atoms with Crippen LogP contribution in [0.4, 0.5) is 0 Å². The van der Waals surface area contributed by atoms with Crippen molar-refractivity contribution in [3.8, 4) is 0 Å². The topological polar surface area (TPSA) is 50.9 Å². The van der Waals surface area contributed by atoms with Crippen molar-refractivity contribution in [2.45, 2.75) is 44.6 Å². The van der Waals surface area contributed by atoms with E-state index in [-0.39, 0.29) is 5.91 Å². The lowest BCUT2D eigenvalue weighted by Crippen LogP contribution is -3.14. The van der Waals surface area contributed by atoms with Gasteiger partial charge in [0.15, 0.2) is 6.54 Å². The molecule has 1 amide bonds. The lowest BCUT2D eigenvalue weighted by atomic mass is 9.98. The third kappa shape index (κ3) is 4.68. The molecule has 2 fully saturated rings. The van der Waals surface area contributed by atoms with Crippen LogP contribution in [0, 0.1) is 0 Å². The molecule has 6 heteroatoms. The van der Waals surface area contributed by atoms with Gasteiger partial charge in [0.1, 0.15) is 5.01 Å². The second-order valence-corrected chi connectivity index (χ2v) is 9.25. The maximum absolute atomic E-state index is 12.6. The number of amides is 1. The number of nitrogens with zero attached hydrogens (tertiary/aromatic N) is 1. The van der Waals surface area contributed by atoms with E-state index in [2.05, 4.69) is 36.5 Å². The second kappa shape index (κ2) is 8.67. The first-order valence-corrected chi connectivity index (χ1v) is 11.3. The largest absolute Gasteiger partial charge is 0.348 e. The van der Waals surface area contributed by atoms with Gasteiger partial charge in [-0.3, -0.25) is 4.79 Å². The molecule has 2 aliphatic heterocycles. The van der Waals surface area contributed by atoms with E-state index in [1.165, 1.54) is 47.1 Å².